The lowest BCUT2D eigenvalue weighted by molar-refractivity contribution is -0.148. The van der Waals surface area contributed by atoms with Crippen LogP contribution in [0.1, 0.15) is 378 Å². The number of hydrogen-bond acceptors (Lipinski definition) is 8. The van der Waals surface area contributed by atoms with Crippen molar-refractivity contribution >= 4 is 5.97 Å². The van der Waals surface area contributed by atoms with Crippen molar-refractivity contribution in [1.82, 2.24) is 0 Å². The molecule has 98 heavy (non-hydrogen) atoms. The molecule has 0 bridgehead atoms. The fourth-order valence-corrected chi connectivity index (χ4v) is 28.0. The molecule has 0 aromatic heterocycles. The first-order valence-corrected chi connectivity index (χ1v) is 41.5. The summed E-state index contributed by atoms with van der Waals surface area (Å²) in [7, 11) is 0. The number of carbonyl (C=O) groups excluding carboxylic acids is 1. The highest BCUT2D eigenvalue weighted by molar-refractivity contribution is 5.65. The maximum atomic E-state index is 10.7. The van der Waals surface area contributed by atoms with E-state index in [0.717, 1.165) is 178 Å². The minimum atomic E-state index is -0.522. The molecule has 0 heterocycles. The van der Waals surface area contributed by atoms with Gasteiger partial charge in [-0.1, -0.05) is 127 Å². The second kappa shape index (κ2) is 31.4. The van der Waals surface area contributed by atoms with Gasteiger partial charge in [0.25, 0.3) is 0 Å². The van der Waals surface area contributed by atoms with Gasteiger partial charge in [0.05, 0.1) is 40.2 Å². The van der Waals surface area contributed by atoms with Gasteiger partial charge in [-0.15, -0.1) is 0 Å². The van der Waals surface area contributed by atoms with Crippen molar-refractivity contribution in [2.45, 2.75) is 412 Å². The molecule has 12 aliphatic carbocycles. The van der Waals surface area contributed by atoms with Crippen LogP contribution < -0.4 is 0 Å². The number of aliphatic hydroxyl groups is 6. The summed E-state index contributed by atoms with van der Waals surface area (Å²) in [5, 5.41) is 62.4. The fraction of sp³-hybridized carbons (Fsp3) is 0.967. The third-order valence-corrected chi connectivity index (χ3v) is 33.3. The van der Waals surface area contributed by atoms with Crippen LogP contribution in [-0.2, 0) is 9.53 Å². The maximum Gasteiger partial charge on any atom is 0.302 e. The Kier molecular flexibility index (Phi) is 27.0. The summed E-state index contributed by atoms with van der Waals surface area (Å²) in [5.74, 6) is 14.3. The zero-order valence-corrected chi connectivity index (χ0v) is 66.3. The second-order valence-corrected chi connectivity index (χ2v) is 41.8. The van der Waals surface area contributed by atoms with Crippen LogP contribution >= 0.6 is 0 Å². The molecular formula is C90H164O8. The Hall–Kier alpha value is -1.03. The van der Waals surface area contributed by atoms with E-state index in [1.165, 1.54) is 155 Å². The first-order valence-electron chi connectivity index (χ1n) is 41.5. The Morgan fingerprint density at radius 2 is 0.786 bits per heavy atom. The molecule has 0 amide bonds. The first-order chi connectivity index (χ1) is 44.3. The van der Waals surface area contributed by atoms with Crippen molar-refractivity contribution in [2.24, 2.45) is 133 Å². The van der Waals surface area contributed by atoms with Crippen molar-refractivity contribution in [3.63, 3.8) is 0 Å². The highest BCUT2D eigenvalue weighted by atomic mass is 16.5. The van der Waals surface area contributed by atoms with Gasteiger partial charge in [0.1, 0.15) is 0 Å². The molecule has 572 valence electrons. The van der Waals surface area contributed by atoms with Gasteiger partial charge < -0.3 is 35.4 Å². The zero-order valence-electron chi connectivity index (χ0n) is 66.3. The monoisotopic (exact) mass is 1370 g/mol. The van der Waals surface area contributed by atoms with Crippen LogP contribution in [-0.4, -0.2) is 76.8 Å². The van der Waals surface area contributed by atoms with Crippen molar-refractivity contribution in [3.8, 4) is 0 Å². The van der Waals surface area contributed by atoms with Crippen LogP contribution in [0.3, 0.4) is 0 Å². The minimum absolute atomic E-state index is 0. The molecule has 12 rings (SSSR count). The number of ether oxygens (including phenoxy) is 1. The second-order valence-electron chi connectivity index (χ2n) is 41.8. The number of fused-ring (bicyclic) bond motifs is 15. The molecule has 0 aromatic carbocycles. The summed E-state index contributed by atoms with van der Waals surface area (Å²) in [5.41, 5.74) is 1.58. The largest absolute Gasteiger partial charge is 0.466 e. The van der Waals surface area contributed by atoms with Crippen LogP contribution in [0.15, 0.2) is 11.6 Å². The molecule has 0 aromatic rings. The Labute approximate surface area is 606 Å². The Morgan fingerprint density at radius 3 is 1.12 bits per heavy atom. The van der Waals surface area contributed by atoms with E-state index in [9.17, 15) is 35.4 Å². The van der Waals surface area contributed by atoms with Gasteiger partial charge in [-0.25, -0.2) is 0 Å². The summed E-state index contributed by atoms with van der Waals surface area (Å²) in [6.07, 6.45) is 46.2. The summed E-state index contributed by atoms with van der Waals surface area (Å²) in [6, 6.07) is 0. The number of hydrogen-bond donors (Lipinski definition) is 6. The van der Waals surface area contributed by atoms with Crippen LogP contribution in [0.2, 0.25) is 0 Å². The van der Waals surface area contributed by atoms with Crippen molar-refractivity contribution in [1.29, 1.82) is 0 Å². The minimum Gasteiger partial charge on any atom is -0.466 e. The maximum absolute atomic E-state index is 10.7. The van der Waals surface area contributed by atoms with Crippen LogP contribution in [0.25, 0.3) is 0 Å². The molecule has 0 unspecified atom stereocenters. The van der Waals surface area contributed by atoms with E-state index in [1.54, 1.807) is 12.5 Å². The van der Waals surface area contributed by atoms with Crippen molar-refractivity contribution < 1.29 is 40.2 Å². The topological polar surface area (TPSA) is 148 Å². The SMILES string of the molecule is C.C.CCOC(C)=O.C[C@H](CCCC(C)(C)O)[C@H]1CC[C@H]2[C@@H]3CC=C4C[C@@](C)(O)CC[C@]4(C)[C@H]3CC[C@]12C.C[C@H](CCCC(C)(C)O)[C@H]1CC[C@H]2[C@@H]3CC[C@@H]4C[C@@](C)(O)CC[C@]4(C)[C@H]3CC[C@]12C.C[C@H](CCCC(C)(C)O)[C@H]1CC[C@H]2[C@@H]3CC[C@H]4C[C@@](C)(O)CC[C@]4(C)[C@H]3CC[C@]12C. The van der Waals surface area contributed by atoms with Crippen LogP contribution in [0.4, 0.5) is 0 Å². The zero-order chi connectivity index (χ0) is 70.8. The lowest BCUT2D eigenvalue weighted by atomic mass is 9.43. The predicted octanol–water partition coefficient (Wildman–Crippen LogP) is 22.7. The molecule has 0 aliphatic heterocycles. The van der Waals surface area contributed by atoms with E-state index >= 15 is 0 Å². The third kappa shape index (κ3) is 18.1. The van der Waals surface area contributed by atoms with Gasteiger partial charge in [0.15, 0.2) is 0 Å². The predicted molar refractivity (Wildman–Crippen MR) is 411 cm³/mol. The first kappa shape index (κ1) is 84.2. The van der Waals surface area contributed by atoms with Gasteiger partial charge in [-0.3, -0.25) is 4.79 Å². The highest BCUT2D eigenvalue weighted by Crippen LogP contribution is 2.72. The molecule has 26 atom stereocenters. The Morgan fingerprint density at radius 1 is 0.449 bits per heavy atom. The number of allylic oxidation sites excluding steroid dienone is 1. The van der Waals surface area contributed by atoms with E-state index in [0.29, 0.717) is 39.1 Å². The Balaban J connectivity index is 0.000000196. The van der Waals surface area contributed by atoms with E-state index in [-0.39, 0.29) is 20.8 Å². The van der Waals surface area contributed by atoms with Crippen LogP contribution in [0, 0.1) is 133 Å². The van der Waals surface area contributed by atoms with Gasteiger partial charge >= 0.3 is 5.97 Å². The van der Waals surface area contributed by atoms with Crippen molar-refractivity contribution in [2.75, 3.05) is 6.61 Å². The molecule has 11 saturated carbocycles. The molecule has 0 radical (unpaired) electrons. The summed E-state index contributed by atoms with van der Waals surface area (Å²) >= 11 is 0. The molecule has 12 aliphatic rings. The smallest absolute Gasteiger partial charge is 0.302 e. The molecule has 11 fully saturated rings. The lowest BCUT2D eigenvalue weighted by Crippen LogP contribution is -2.55. The molecule has 8 heteroatoms. The van der Waals surface area contributed by atoms with Gasteiger partial charge in [0, 0.05) is 6.92 Å². The van der Waals surface area contributed by atoms with E-state index < -0.39 is 33.6 Å². The summed E-state index contributed by atoms with van der Waals surface area (Å²) in [6.45, 7) is 44.8. The molecule has 6 N–H and O–H groups in total. The molecule has 0 saturated heterocycles. The molecule has 0 spiro atoms. The highest BCUT2D eigenvalue weighted by Gasteiger charge is 2.65. The van der Waals surface area contributed by atoms with Crippen molar-refractivity contribution in [3.05, 3.63) is 11.6 Å². The quantitative estimate of drug-likeness (QED) is 0.0661. The van der Waals surface area contributed by atoms with Gasteiger partial charge in [0.2, 0.25) is 0 Å². The van der Waals surface area contributed by atoms with E-state index in [1.807, 2.05) is 48.5 Å². The normalized spacial score (nSPS) is 45.4. The average Bonchev–Trinajstić information content (AvgIpc) is 1.37. The van der Waals surface area contributed by atoms with E-state index in [2.05, 4.69) is 87.0 Å². The average molecular weight is 1370 g/mol. The number of carbonyl (C=O) groups is 1. The number of esters is 1. The standard InChI is InChI=1S/2C28H50O2.C28H48O2.C4H8O2.2CH4/c3*1-19(8-7-14-25(2,3)29)22-11-12-23-21-10-9-20-18-26(4,30)16-17-27(20,5)24(21)13-15-28(22,23)6;1-3-6-4(2)5;;/h2*19-24,29-30H,7-18H2,1-6H3;9,19,21-24,29-30H,7-8,10-18H2,1-6H3;3H2,1-2H3;2*1H4/t19-,20+,21+,22-,23+,24+,26+,27+,28-;19-,20-,21+,22-,23+,24+,26+,27+,28-;19-,21+,22-,23+,24+,26+,27+,28-;;;/m111.../s1. The summed E-state index contributed by atoms with van der Waals surface area (Å²) in [4.78, 5) is 9.82. The lowest BCUT2D eigenvalue weighted by Gasteiger charge is -2.62. The fourth-order valence-electron chi connectivity index (χ4n) is 28.0. The van der Waals surface area contributed by atoms with Gasteiger partial charge in [-0.2, -0.15) is 0 Å². The summed E-state index contributed by atoms with van der Waals surface area (Å²) < 4.78 is 4.40. The van der Waals surface area contributed by atoms with Gasteiger partial charge in [-0.05, 0) is 389 Å². The molecule has 8 nitrogen and oxygen atoms in total. The van der Waals surface area contributed by atoms with E-state index in [4.69, 9.17) is 0 Å². The third-order valence-electron chi connectivity index (χ3n) is 33.3. The molecular weight excluding hydrogens is 1210 g/mol. The van der Waals surface area contributed by atoms with Crippen LogP contribution in [0.5, 0.6) is 0 Å². The number of rotatable bonds is 16. The Bertz CT molecular complexity index is 2470.